The van der Waals surface area contributed by atoms with E-state index in [1.807, 2.05) is 45.9 Å². The number of nitrogens with zero attached hydrogens (tertiary/aromatic N) is 2. The lowest BCUT2D eigenvalue weighted by Gasteiger charge is -2.20. The molecular formula is C19H23N3O2S. The zero-order valence-corrected chi connectivity index (χ0v) is 15.9. The van der Waals surface area contributed by atoms with Crippen molar-refractivity contribution in [2.75, 3.05) is 16.8 Å². The second-order valence-corrected chi connectivity index (χ2v) is 7.57. The number of anilines is 2. The Labute approximate surface area is 152 Å². The molecule has 3 rings (SSSR count). The van der Waals surface area contributed by atoms with Gasteiger partial charge in [-0.1, -0.05) is 19.1 Å². The molecule has 0 spiro atoms. The van der Waals surface area contributed by atoms with Crippen LogP contribution in [-0.2, 0) is 16.0 Å². The van der Waals surface area contributed by atoms with Gasteiger partial charge in [-0.2, -0.15) is 0 Å². The number of thiazole rings is 1. The number of hydrogen-bond donors (Lipinski definition) is 1. The average Bonchev–Trinajstić information content (AvgIpc) is 3.13. The van der Waals surface area contributed by atoms with E-state index in [9.17, 15) is 9.59 Å². The van der Waals surface area contributed by atoms with Crippen LogP contribution < -0.4 is 10.2 Å². The van der Waals surface area contributed by atoms with Crippen LogP contribution in [0, 0.1) is 26.7 Å². The van der Waals surface area contributed by atoms with Crippen molar-refractivity contribution in [2.24, 2.45) is 5.92 Å². The topological polar surface area (TPSA) is 62.3 Å². The van der Waals surface area contributed by atoms with Gasteiger partial charge >= 0.3 is 0 Å². The quantitative estimate of drug-likeness (QED) is 0.909. The van der Waals surface area contributed by atoms with E-state index in [0.29, 0.717) is 6.54 Å². The first-order valence-electron chi connectivity index (χ1n) is 8.54. The van der Waals surface area contributed by atoms with Crippen LogP contribution in [0.2, 0.25) is 0 Å². The van der Waals surface area contributed by atoms with E-state index in [4.69, 9.17) is 0 Å². The van der Waals surface area contributed by atoms with Gasteiger partial charge in [-0.25, -0.2) is 4.98 Å². The zero-order valence-electron chi connectivity index (χ0n) is 15.0. The van der Waals surface area contributed by atoms with E-state index in [-0.39, 0.29) is 24.2 Å². The Morgan fingerprint density at radius 1 is 1.36 bits per heavy atom. The predicted octanol–water partition coefficient (Wildman–Crippen LogP) is 3.62. The Morgan fingerprint density at radius 3 is 2.80 bits per heavy atom. The number of hydrogen-bond acceptors (Lipinski definition) is 4. The van der Waals surface area contributed by atoms with Gasteiger partial charge in [-0.15, -0.1) is 11.3 Å². The lowest BCUT2D eigenvalue weighted by atomic mass is 10.1. The highest BCUT2D eigenvalue weighted by Crippen LogP contribution is 2.31. The van der Waals surface area contributed by atoms with Gasteiger partial charge in [0.25, 0.3) is 0 Å². The van der Waals surface area contributed by atoms with Crippen LogP contribution >= 0.6 is 11.3 Å². The molecule has 1 aliphatic heterocycles. The molecule has 1 N–H and O–H groups in total. The summed E-state index contributed by atoms with van der Waals surface area (Å²) in [6.45, 7) is 8.41. The molecule has 2 heterocycles. The van der Waals surface area contributed by atoms with Crippen molar-refractivity contribution in [3.05, 3.63) is 40.0 Å². The smallest absolute Gasteiger partial charge is 0.230 e. The van der Waals surface area contributed by atoms with Gasteiger partial charge in [0.2, 0.25) is 11.8 Å². The first-order chi connectivity index (χ1) is 11.9. The fraction of sp³-hybridized carbons (Fsp3) is 0.421. The number of nitrogens with one attached hydrogen (secondary N) is 1. The highest BCUT2D eigenvalue weighted by molar-refractivity contribution is 7.16. The van der Waals surface area contributed by atoms with Gasteiger partial charge in [0, 0.05) is 18.7 Å². The Bertz CT molecular complexity index is 828. The summed E-state index contributed by atoms with van der Waals surface area (Å²) in [6, 6.07) is 5.92. The first kappa shape index (κ1) is 17.6. The molecule has 25 heavy (non-hydrogen) atoms. The van der Waals surface area contributed by atoms with E-state index >= 15 is 0 Å². The minimum Gasteiger partial charge on any atom is -0.316 e. The van der Waals surface area contributed by atoms with Crippen molar-refractivity contribution in [1.82, 2.24) is 4.98 Å². The maximum Gasteiger partial charge on any atom is 0.230 e. The van der Waals surface area contributed by atoms with Gasteiger partial charge in [0.05, 0.1) is 16.6 Å². The standard InChI is InChI=1S/C19H23N3O2S/c1-5-16-20-13(4)19(25-16)21-18(24)14-9-17(23)22(10-14)15-8-6-7-11(2)12(15)3/h6-8,14H,5,9-10H2,1-4H3,(H,21,24)/t14-/m1/s1. The van der Waals surface area contributed by atoms with Crippen molar-refractivity contribution >= 4 is 33.8 Å². The van der Waals surface area contributed by atoms with Crippen molar-refractivity contribution in [3.8, 4) is 0 Å². The predicted molar refractivity (Wildman–Crippen MR) is 101 cm³/mol. The number of rotatable bonds is 4. The number of amides is 2. The van der Waals surface area contributed by atoms with Crippen LogP contribution in [0.1, 0.15) is 35.2 Å². The molecule has 2 aromatic rings. The summed E-state index contributed by atoms with van der Waals surface area (Å²) in [6.07, 6.45) is 1.10. The lowest BCUT2D eigenvalue weighted by Crippen LogP contribution is -2.28. The molecule has 1 saturated heterocycles. The first-order valence-corrected chi connectivity index (χ1v) is 9.36. The van der Waals surface area contributed by atoms with E-state index in [0.717, 1.165) is 38.9 Å². The van der Waals surface area contributed by atoms with Crippen LogP contribution in [0.3, 0.4) is 0 Å². The third-order valence-electron chi connectivity index (χ3n) is 4.74. The lowest BCUT2D eigenvalue weighted by molar-refractivity contribution is -0.122. The molecule has 1 fully saturated rings. The molecule has 0 saturated carbocycles. The van der Waals surface area contributed by atoms with E-state index in [1.54, 1.807) is 4.90 Å². The van der Waals surface area contributed by atoms with Crippen molar-refractivity contribution in [1.29, 1.82) is 0 Å². The Balaban J connectivity index is 1.74. The summed E-state index contributed by atoms with van der Waals surface area (Å²) in [4.78, 5) is 31.3. The van der Waals surface area contributed by atoms with Gasteiger partial charge in [-0.05, 0) is 44.4 Å². The Morgan fingerprint density at radius 2 is 2.12 bits per heavy atom. The molecule has 0 bridgehead atoms. The second-order valence-electron chi connectivity index (χ2n) is 6.49. The number of carbonyl (C=O) groups excluding carboxylic acids is 2. The maximum atomic E-state index is 12.6. The van der Waals surface area contributed by atoms with Gasteiger partial charge in [-0.3, -0.25) is 9.59 Å². The Kier molecular flexibility index (Phi) is 4.90. The summed E-state index contributed by atoms with van der Waals surface area (Å²) in [7, 11) is 0. The minimum atomic E-state index is -0.334. The van der Waals surface area contributed by atoms with Crippen LogP contribution in [0.4, 0.5) is 10.7 Å². The molecule has 0 aliphatic carbocycles. The fourth-order valence-corrected chi connectivity index (χ4v) is 3.99. The summed E-state index contributed by atoms with van der Waals surface area (Å²) in [5, 5.41) is 4.76. The van der Waals surface area contributed by atoms with Crippen LogP contribution in [0.25, 0.3) is 0 Å². The van der Waals surface area contributed by atoms with Gasteiger partial charge in [0.15, 0.2) is 0 Å². The minimum absolute atomic E-state index is 0.00382. The molecule has 5 nitrogen and oxygen atoms in total. The molecule has 132 valence electrons. The molecule has 1 atom stereocenters. The summed E-state index contributed by atoms with van der Waals surface area (Å²) >= 11 is 1.51. The summed E-state index contributed by atoms with van der Waals surface area (Å²) in [5.74, 6) is -0.432. The molecule has 0 unspecified atom stereocenters. The summed E-state index contributed by atoms with van der Waals surface area (Å²) < 4.78 is 0. The highest BCUT2D eigenvalue weighted by atomic mass is 32.1. The third-order valence-corrected chi connectivity index (χ3v) is 5.96. The normalized spacial score (nSPS) is 17.2. The number of carbonyl (C=O) groups is 2. The average molecular weight is 357 g/mol. The van der Waals surface area contributed by atoms with E-state index < -0.39 is 0 Å². The molecule has 2 amide bonds. The van der Waals surface area contributed by atoms with Crippen LogP contribution in [0.5, 0.6) is 0 Å². The number of aryl methyl sites for hydroxylation is 3. The zero-order chi connectivity index (χ0) is 18.1. The van der Waals surface area contributed by atoms with Crippen molar-refractivity contribution < 1.29 is 9.59 Å². The largest absolute Gasteiger partial charge is 0.316 e. The van der Waals surface area contributed by atoms with Crippen molar-refractivity contribution in [2.45, 2.75) is 40.5 Å². The maximum absolute atomic E-state index is 12.6. The summed E-state index contributed by atoms with van der Waals surface area (Å²) in [5.41, 5.74) is 3.97. The molecule has 1 aromatic heterocycles. The third kappa shape index (κ3) is 3.44. The Hall–Kier alpha value is -2.21. The number of benzene rings is 1. The molecule has 1 aliphatic rings. The molecular weight excluding hydrogens is 334 g/mol. The van der Waals surface area contributed by atoms with Crippen molar-refractivity contribution in [3.63, 3.8) is 0 Å². The van der Waals surface area contributed by atoms with E-state index in [2.05, 4.69) is 10.3 Å². The molecule has 1 aromatic carbocycles. The van der Waals surface area contributed by atoms with Gasteiger partial charge < -0.3 is 10.2 Å². The molecule has 6 heteroatoms. The highest BCUT2D eigenvalue weighted by Gasteiger charge is 2.36. The van der Waals surface area contributed by atoms with Crippen LogP contribution in [0.15, 0.2) is 18.2 Å². The monoisotopic (exact) mass is 357 g/mol. The SMILES string of the molecule is CCc1nc(C)c(NC(=O)[C@@H]2CC(=O)N(c3cccc(C)c3C)C2)s1. The fourth-order valence-electron chi connectivity index (χ4n) is 3.08. The van der Waals surface area contributed by atoms with Gasteiger partial charge in [0.1, 0.15) is 5.00 Å². The molecule has 0 radical (unpaired) electrons. The van der Waals surface area contributed by atoms with E-state index in [1.165, 1.54) is 11.3 Å². The van der Waals surface area contributed by atoms with Crippen LogP contribution in [-0.4, -0.2) is 23.3 Å². The second kappa shape index (κ2) is 6.96. The number of aromatic nitrogens is 1.